The predicted octanol–water partition coefficient (Wildman–Crippen LogP) is 13.6. The van der Waals surface area contributed by atoms with Crippen LogP contribution in [0.5, 0.6) is 0 Å². The number of thiophene rings is 1. The highest BCUT2D eigenvalue weighted by Gasteiger charge is 2.19. The van der Waals surface area contributed by atoms with Gasteiger partial charge in [0.2, 0.25) is 0 Å². The SMILES string of the molecule is c1ccc(-c2ccc3cc(-c4nc(-c5cc(-c6ccccc6)c6c(c5)oc5ccccc56)nc(-c5ccc6c(c5)sc5ccccc56)n4)ccc3c2)cc1. The van der Waals surface area contributed by atoms with Gasteiger partial charge in [-0.3, -0.25) is 0 Å². The predicted molar refractivity (Wildman–Crippen MR) is 225 cm³/mol. The second-order valence-electron chi connectivity index (χ2n) is 13.6. The molecule has 0 amide bonds. The highest BCUT2D eigenvalue weighted by atomic mass is 32.1. The lowest BCUT2D eigenvalue weighted by Crippen LogP contribution is -2.00. The zero-order valence-corrected chi connectivity index (χ0v) is 29.7. The van der Waals surface area contributed by atoms with E-state index in [1.807, 2.05) is 24.3 Å². The first-order chi connectivity index (χ1) is 26.7. The van der Waals surface area contributed by atoms with Gasteiger partial charge in [0, 0.05) is 47.6 Å². The van der Waals surface area contributed by atoms with Crippen molar-refractivity contribution in [3.8, 4) is 56.4 Å². The molecular formula is C49H29N3OS. The summed E-state index contributed by atoms with van der Waals surface area (Å²) >= 11 is 1.79. The molecule has 0 fully saturated rings. The van der Waals surface area contributed by atoms with Crippen LogP contribution in [0.3, 0.4) is 0 Å². The van der Waals surface area contributed by atoms with E-state index in [0.29, 0.717) is 17.5 Å². The van der Waals surface area contributed by atoms with Crippen molar-refractivity contribution in [2.75, 3.05) is 0 Å². The van der Waals surface area contributed by atoms with E-state index < -0.39 is 0 Å². The standard InChI is InChI=1S/C49H29N3OS/c1-3-11-30(12-4-1)32-19-20-34-26-35(22-21-33(34)25-32)47-50-48(36-23-24-39-38-15-8-10-18-44(38)54-45(39)29-36)52-49(51-47)37-27-41(31-13-5-2-6-14-31)46-40-16-7-9-17-42(40)53-43(46)28-37/h1-29H. The van der Waals surface area contributed by atoms with E-state index in [-0.39, 0.29) is 0 Å². The number of fused-ring (bicyclic) bond motifs is 7. The zero-order valence-electron chi connectivity index (χ0n) is 28.9. The van der Waals surface area contributed by atoms with Gasteiger partial charge in [-0.25, -0.2) is 15.0 Å². The third kappa shape index (κ3) is 5.17. The van der Waals surface area contributed by atoms with Crippen LogP contribution >= 0.6 is 11.3 Å². The lowest BCUT2D eigenvalue weighted by molar-refractivity contribution is 0.669. The Kier molecular flexibility index (Phi) is 7.00. The number of nitrogens with zero attached hydrogens (tertiary/aromatic N) is 3. The van der Waals surface area contributed by atoms with Crippen LogP contribution in [0, 0.1) is 0 Å². The number of rotatable bonds is 5. The van der Waals surface area contributed by atoms with Crippen molar-refractivity contribution in [1.29, 1.82) is 0 Å². The number of benzene rings is 8. The van der Waals surface area contributed by atoms with E-state index in [0.717, 1.165) is 60.5 Å². The smallest absolute Gasteiger partial charge is 0.164 e. The maximum Gasteiger partial charge on any atom is 0.164 e. The average molecular weight is 708 g/mol. The van der Waals surface area contributed by atoms with Crippen LogP contribution in [0.25, 0.3) is 109 Å². The second kappa shape index (κ2) is 12.3. The first kappa shape index (κ1) is 30.7. The molecule has 0 bridgehead atoms. The highest BCUT2D eigenvalue weighted by Crippen LogP contribution is 2.41. The Labute approximate surface area is 314 Å². The van der Waals surface area contributed by atoms with Gasteiger partial charge in [0.15, 0.2) is 17.5 Å². The molecule has 0 aliphatic carbocycles. The summed E-state index contributed by atoms with van der Waals surface area (Å²) in [6.07, 6.45) is 0. The fourth-order valence-electron chi connectivity index (χ4n) is 7.65. The largest absolute Gasteiger partial charge is 0.456 e. The number of furan rings is 1. The fourth-order valence-corrected chi connectivity index (χ4v) is 8.80. The van der Waals surface area contributed by atoms with Crippen molar-refractivity contribution in [2.45, 2.75) is 0 Å². The summed E-state index contributed by atoms with van der Waals surface area (Å²) < 4.78 is 8.97. The van der Waals surface area contributed by atoms with Crippen molar-refractivity contribution >= 4 is 64.2 Å². The molecule has 252 valence electrons. The van der Waals surface area contributed by atoms with Gasteiger partial charge >= 0.3 is 0 Å². The number of aromatic nitrogens is 3. The van der Waals surface area contributed by atoms with Gasteiger partial charge in [0.1, 0.15) is 11.2 Å². The van der Waals surface area contributed by atoms with Gasteiger partial charge in [-0.2, -0.15) is 0 Å². The number of hydrogen-bond acceptors (Lipinski definition) is 5. The summed E-state index contributed by atoms with van der Waals surface area (Å²) in [7, 11) is 0. The monoisotopic (exact) mass is 707 g/mol. The molecule has 54 heavy (non-hydrogen) atoms. The molecule has 0 saturated heterocycles. The maximum absolute atomic E-state index is 6.50. The van der Waals surface area contributed by atoms with Crippen LogP contribution in [0.4, 0.5) is 0 Å². The molecule has 11 aromatic rings. The average Bonchev–Trinajstić information content (AvgIpc) is 3.81. The molecule has 3 heterocycles. The first-order valence-electron chi connectivity index (χ1n) is 18.0. The minimum atomic E-state index is 0.588. The minimum Gasteiger partial charge on any atom is -0.456 e. The minimum absolute atomic E-state index is 0.588. The Morgan fingerprint density at radius 3 is 1.70 bits per heavy atom. The molecule has 0 atom stereocenters. The molecular weight excluding hydrogens is 679 g/mol. The number of para-hydroxylation sites is 1. The third-order valence-electron chi connectivity index (χ3n) is 10.3. The number of hydrogen-bond donors (Lipinski definition) is 0. The molecule has 0 radical (unpaired) electrons. The normalized spacial score (nSPS) is 11.7. The van der Waals surface area contributed by atoms with Gasteiger partial charge in [-0.1, -0.05) is 133 Å². The van der Waals surface area contributed by atoms with Crippen molar-refractivity contribution in [1.82, 2.24) is 15.0 Å². The molecule has 8 aromatic carbocycles. The Morgan fingerprint density at radius 1 is 0.352 bits per heavy atom. The van der Waals surface area contributed by atoms with E-state index in [2.05, 4.69) is 152 Å². The Hall–Kier alpha value is -6.95. The van der Waals surface area contributed by atoms with Crippen LogP contribution < -0.4 is 0 Å². The Bertz CT molecular complexity index is 3220. The third-order valence-corrected chi connectivity index (χ3v) is 11.4. The lowest BCUT2D eigenvalue weighted by atomic mass is 9.96. The molecule has 5 heteroatoms. The van der Waals surface area contributed by atoms with Gasteiger partial charge < -0.3 is 4.42 Å². The first-order valence-corrected chi connectivity index (χ1v) is 18.8. The van der Waals surface area contributed by atoms with Crippen LogP contribution in [0.2, 0.25) is 0 Å². The van der Waals surface area contributed by atoms with Crippen LogP contribution in [-0.2, 0) is 0 Å². The maximum atomic E-state index is 6.50. The van der Waals surface area contributed by atoms with Crippen molar-refractivity contribution in [3.63, 3.8) is 0 Å². The zero-order chi connectivity index (χ0) is 35.6. The molecule has 0 aliphatic rings. The van der Waals surface area contributed by atoms with Crippen LogP contribution in [0.1, 0.15) is 0 Å². The van der Waals surface area contributed by atoms with Crippen molar-refractivity contribution in [3.05, 3.63) is 176 Å². The van der Waals surface area contributed by atoms with Gasteiger partial charge in [-0.05, 0) is 75.5 Å². The Morgan fingerprint density at radius 2 is 0.926 bits per heavy atom. The molecule has 3 aromatic heterocycles. The molecule has 0 spiro atoms. The topological polar surface area (TPSA) is 51.8 Å². The molecule has 11 rings (SSSR count). The van der Waals surface area contributed by atoms with Crippen LogP contribution in [-0.4, -0.2) is 15.0 Å². The summed E-state index contributed by atoms with van der Waals surface area (Å²) in [4.78, 5) is 15.6. The Balaban J connectivity index is 1.12. The molecule has 4 nitrogen and oxygen atoms in total. The van der Waals surface area contributed by atoms with Gasteiger partial charge in [-0.15, -0.1) is 11.3 Å². The van der Waals surface area contributed by atoms with E-state index >= 15 is 0 Å². The lowest BCUT2D eigenvalue weighted by Gasteiger charge is -2.11. The van der Waals surface area contributed by atoms with Crippen LogP contribution in [0.15, 0.2) is 180 Å². The van der Waals surface area contributed by atoms with Gasteiger partial charge in [0.05, 0.1) is 0 Å². The molecule has 0 saturated carbocycles. The summed E-state index contributed by atoms with van der Waals surface area (Å²) in [6, 6.07) is 61.6. The van der Waals surface area contributed by atoms with Gasteiger partial charge in [0.25, 0.3) is 0 Å². The fraction of sp³-hybridized carbons (Fsp3) is 0. The van der Waals surface area contributed by atoms with E-state index in [9.17, 15) is 0 Å². The molecule has 0 N–H and O–H groups in total. The van der Waals surface area contributed by atoms with Crippen molar-refractivity contribution < 1.29 is 4.42 Å². The van der Waals surface area contributed by atoms with E-state index in [4.69, 9.17) is 19.4 Å². The summed E-state index contributed by atoms with van der Waals surface area (Å²) in [5.74, 6) is 1.83. The summed E-state index contributed by atoms with van der Waals surface area (Å²) in [5, 5.41) is 6.94. The van der Waals surface area contributed by atoms with E-state index in [1.165, 1.54) is 31.3 Å². The second-order valence-corrected chi connectivity index (χ2v) is 14.7. The molecule has 0 aliphatic heterocycles. The van der Waals surface area contributed by atoms with Crippen molar-refractivity contribution in [2.24, 2.45) is 0 Å². The summed E-state index contributed by atoms with van der Waals surface area (Å²) in [5.41, 5.74) is 8.94. The highest BCUT2D eigenvalue weighted by molar-refractivity contribution is 7.25. The molecule has 0 unspecified atom stereocenters. The summed E-state index contributed by atoms with van der Waals surface area (Å²) in [6.45, 7) is 0. The quantitative estimate of drug-likeness (QED) is 0.179. The van der Waals surface area contributed by atoms with E-state index in [1.54, 1.807) is 11.3 Å².